The van der Waals surface area contributed by atoms with Gasteiger partial charge in [-0.25, -0.2) is 0 Å². The van der Waals surface area contributed by atoms with Gasteiger partial charge < -0.3 is 0 Å². The molecule has 1 aromatic rings. The number of hydrogen-bond donors (Lipinski definition) is 0. The van der Waals surface area contributed by atoms with E-state index in [0.29, 0.717) is 0 Å². The standard InChI is InChI=1S/C5H7BrN2/c1-4-5(6)3-8(2)7-4/h3H,1-2H3. The summed E-state index contributed by atoms with van der Waals surface area (Å²) in [5.41, 5.74) is 1.03. The Morgan fingerprint density at radius 3 is 2.50 bits per heavy atom. The summed E-state index contributed by atoms with van der Waals surface area (Å²) in [6, 6.07) is 0. The Bertz CT molecular complexity index is 173. The molecule has 0 bridgehead atoms. The Morgan fingerprint density at radius 2 is 2.38 bits per heavy atom. The van der Waals surface area contributed by atoms with Crippen molar-refractivity contribution in [1.29, 1.82) is 0 Å². The molecule has 2 nitrogen and oxygen atoms in total. The highest BCUT2D eigenvalue weighted by Crippen LogP contribution is 2.11. The summed E-state index contributed by atoms with van der Waals surface area (Å²) in [7, 11) is 1.90. The molecule has 0 aliphatic heterocycles. The molecule has 1 rings (SSSR count). The zero-order valence-corrected chi connectivity index (χ0v) is 6.44. The molecular weight excluding hydrogens is 168 g/mol. The number of nitrogens with zero attached hydrogens (tertiary/aromatic N) is 2. The zero-order valence-electron chi connectivity index (χ0n) is 4.85. The number of hydrogen-bond acceptors (Lipinski definition) is 1. The minimum absolute atomic E-state index is 1.03. The van der Waals surface area contributed by atoms with Crippen molar-refractivity contribution < 1.29 is 0 Å². The second kappa shape index (κ2) is 1.90. The van der Waals surface area contributed by atoms with Gasteiger partial charge in [-0.05, 0) is 22.9 Å². The minimum Gasteiger partial charge on any atom is -0.274 e. The summed E-state index contributed by atoms with van der Waals surface area (Å²) in [4.78, 5) is 0. The molecule has 0 aromatic carbocycles. The molecule has 0 unspecified atom stereocenters. The van der Waals surface area contributed by atoms with Gasteiger partial charge in [0.25, 0.3) is 0 Å². The third kappa shape index (κ3) is 0.916. The van der Waals surface area contributed by atoms with E-state index in [1.807, 2.05) is 20.2 Å². The van der Waals surface area contributed by atoms with Gasteiger partial charge in [-0.2, -0.15) is 5.10 Å². The van der Waals surface area contributed by atoms with Crippen LogP contribution in [0.4, 0.5) is 0 Å². The molecule has 0 saturated carbocycles. The molecule has 8 heavy (non-hydrogen) atoms. The molecule has 1 heterocycles. The van der Waals surface area contributed by atoms with Crippen LogP contribution in [0.15, 0.2) is 10.7 Å². The average molecular weight is 175 g/mol. The van der Waals surface area contributed by atoms with Crippen LogP contribution in [0.25, 0.3) is 0 Å². The lowest BCUT2D eigenvalue weighted by molar-refractivity contribution is 0.756. The van der Waals surface area contributed by atoms with Crippen molar-refractivity contribution in [1.82, 2.24) is 9.78 Å². The fourth-order valence-corrected chi connectivity index (χ4v) is 0.946. The smallest absolute Gasteiger partial charge is 0.0735 e. The quantitative estimate of drug-likeness (QED) is 0.584. The molecule has 0 radical (unpaired) electrons. The molecule has 0 aliphatic carbocycles. The van der Waals surface area contributed by atoms with E-state index in [0.717, 1.165) is 10.2 Å². The first-order valence-corrected chi connectivity index (χ1v) is 3.15. The summed E-state index contributed by atoms with van der Waals surface area (Å²) >= 11 is 3.33. The first kappa shape index (κ1) is 5.82. The van der Waals surface area contributed by atoms with E-state index in [2.05, 4.69) is 21.0 Å². The highest BCUT2D eigenvalue weighted by atomic mass is 79.9. The second-order valence-electron chi connectivity index (χ2n) is 1.74. The highest BCUT2D eigenvalue weighted by Gasteiger charge is 1.94. The van der Waals surface area contributed by atoms with Crippen LogP contribution in [0, 0.1) is 6.92 Å². The lowest BCUT2D eigenvalue weighted by Crippen LogP contribution is -1.86. The minimum atomic E-state index is 1.03. The molecule has 44 valence electrons. The van der Waals surface area contributed by atoms with Crippen LogP contribution in [-0.4, -0.2) is 9.78 Å². The van der Waals surface area contributed by atoms with Gasteiger partial charge in [-0.1, -0.05) is 0 Å². The maximum atomic E-state index is 4.08. The molecule has 0 atom stereocenters. The normalized spacial score (nSPS) is 9.88. The average Bonchev–Trinajstić information content (AvgIpc) is 1.85. The Labute approximate surface area is 56.6 Å². The molecule has 0 N–H and O–H groups in total. The largest absolute Gasteiger partial charge is 0.274 e. The maximum absolute atomic E-state index is 4.08. The SMILES string of the molecule is Cc1nn(C)cc1Br. The molecular formula is C5H7BrN2. The van der Waals surface area contributed by atoms with Crippen molar-refractivity contribution >= 4 is 15.9 Å². The number of halogens is 1. The zero-order chi connectivity index (χ0) is 6.15. The molecule has 0 fully saturated rings. The molecule has 0 saturated heterocycles. The fraction of sp³-hybridized carbons (Fsp3) is 0.400. The van der Waals surface area contributed by atoms with Gasteiger partial charge in [0, 0.05) is 13.2 Å². The van der Waals surface area contributed by atoms with E-state index in [4.69, 9.17) is 0 Å². The summed E-state index contributed by atoms with van der Waals surface area (Å²) in [5, 5.41) is 4.08. The van der Waals surface area contributed by atoms with Crippen molar-refractivity contribution in [2.75, 3.05) is 0 Å². The number of aryl methyl sites for hydroxylation is 2. The van der Waals surface area contributed by atoms with Crippen LogP contribution < -0.4 is 0 Å². The van der Waals surface area contributed by atoms with Crippen LogP contribution in [0.3, 0.4) is 0 Å². The van der Waals surface area contributed by atoms with E-state index in [1.165, 1.54) is 0 Å². The molecule has 0 amide bonds. The van der Waals surface area contributed by atoms with Gasteiger partial charge in [0.1, 0.15) is 0 Å². The number of aromatic nitrogens is 2. The van der Waals surface area contributed by atoms with Crippen LogP contribution in [0.2, 0.25) is 0 Å². The lowest BCUT2D eigenvalue weighted by Gasteiger charge is -1.79. The first-order chi connectivity index (χ1) is 3.70. The highest BCUT2D eigenvalue weighted by molar-refractivity contribution is 9.10. The summed E-state index contributed by atoms with van der Waals surface area (Å²) < 4.78 is 2.85. The van der Waals surface area contributed by atoms with Crippen LogP contribution >= 0.6 is 15.9 Å². The van der Waals surface area contributed by atoms with Gasteiger partial charge in [-0.3, -0.25) is 4.68 Å². The van der Waals surface area contributed by atoms with Gasteiger partial charge >= 0.3 is 0 Å². The van der Waals surface area contributed by atoms with Crippen molar-refractivity contribution in [2.24, 2.45) is 7.05 Å². The summed E-state index contributed by atoms with van der Waals surface area (Å²) in [6.07, 6.45) is 1.93. The second-order valence-corrected chi connectivity index (χ2v) is 2.59. The van der Waals surface area contributed by atoms with Crippen molar-refractivity contribution in [3.8, 4) is 0 Å². The van der Waals surface area contributed by atoms with E-state index < -0.39 is 0 Å². The Hall–Kier alpha value is -0.310. The van der Waals surface area contributed by atoms with Crippen molar-refractivity contribution in [2.45, 2.75) is 6.92 Å². The van der Waals surface area contributed by atoms with Crippen LogP contribution in [-0.2, 0) is 7.05 Å². The lowest BCUT2D eigenvalue weighted by atomic mass is 10.5. The van der Waals surface area contributed by atoms with E-state index in [-0.39, 0.29) is 0 Å². The summed E-state index contributed by atoms with van der Waals surface area (Å²) in [5.74, 6) is 0. The molecule has 0 aliphatic rings. The summed E-state index contributed by atoms with van der Waals surface area (Å²) in [6.45, 7) is 1.96. The first-order valence-electron chi connectivity index (χ1n) is 2.36. The molecule has 1 aromatic heterocycles. The Morgan fingerprint density at radius 1 is 1.75 bits per heavy atom. The Balaban J connectivity index is 3.14. The fourth-order valence-electron chi connectivity index (χ4n) is 0.571. The van der Waals surface area contributed by atoms with Gasteiger partial charge in [0.2, 0.25) is 0 Å². The monoisotopic (exact) mass is 174 g/mol. The predicted molar refractivity (Wildman–Crippen MR) is 35.6 cm³/mol. The van der Waals surface area contributed by atoms with Gasteiger partial charge in [0.05, 0.1) is 10.2 Å². The maximum Gasteiger partial charge on any atom is 0.0735 e. The van der Waals surface area contributed by atoms with E-state index >= 15 is 0 Å². The third-order valence-corrected chi connectivity index (χ3v) is 1.73. The Kier molecular flexibility index (Phi) is 1.38. The van der Waals surface area contributed by atoms with E-state index in [9.17, 15) is 0 Å². The molecule has 0 spiro atoms. The van der Waals surface area contributed by atoms with Gasteiger partial charge in [0.15, 0.2) is 0 Å². The number of rotatable bonds is 0. The third-order valence-electron chi connectivity index (χ3n) is 0.954. The van der Waals surface area contributed by atoms with Crippen LogP contribution in [0.1, 0.15) is 5.69 Å². The van der Waals surface area contributed by atoms with E-state index in [1.54, 1.807) is 4.68 Å². The topological polar surface area (TPSA) is 17.8 Å². The van der Waals surface area contributed by atoms with Crippen LogP contribution in [0.5, 0.6) is 0 Å². The van der Waals surface area contributed by atoms with Gasteiger partial charge in [-0.15, -0.1) is 0 Å². The van der Waals surface area contributed by atoms with Crippen molar-refractivity contribution in [3.05, 3.63) is 16.4 Å². The molecule has 3 heteroatoms. The van der Waals surface area contributed by atoms with Crippen molar-refractivity contribution in [3.63, 3.8) is 0 Å². The predicted octanol–water partition coefficient (Wildman–Crippen LogP) is 1.49.